The number of carbonyl (C=O) groups is 1. The van der Waals surface area contributed by atoms with Gasteiger partial charge in [-0.3, -0.25) is 9.69 Å². The molecule has 4 atom stereocenters. The van der Waals surface area contributed by atoms with Crippen LogP contribution in [0, 0.1) is 0 Å². The second-order valence-corrected chi connectivity index (χ2v) is 11.7. The second-order valence-electron chi connectivity index (χ2n) is 11.7. The lowest BCUT2D eigenvalue weighted by Gasteiger charge is -2.38. The summed E-state index contributed by atoms with van der Waals surface area (Å²) in [6.07, 6.45) is 2.01. The summed E-state index contributed by atoms with van der Waals surface area (Å²) in [5.41, 5.74) is 6.60. The van der Waals surface area contributed by atoms with Crippen molar-refractivity contribution in [3.63, 3.8) is 0 Å². The van der Waals surface area contributed by atoms with E-state index in [9.17, 15) is 15.0 Å². The lowest BCUT2D eigenvalue weighted by Crippen LogP contribution is -2.42. The minimum absolute atomic E-state index is 0.00502. The molecule has 0 radical (unpaired) electrons. The number of ether oxygens (including phenoxy) is 2. The summed E-state index contributed by atoms with van der Waals surface area (Å²) in [5.74, 6) is -0.0982. The quantitative estimate of drug-likeness (QED) is 0.216. The Morgan fingerprint density at radius 1 is 0.818 bits per heavy atom. The highest BCUT2D eigenvalue weighted by Gasteiger charge is 2.35. The molecule has 6 rings (SSSR count). The van der Waals surface area contributed by atoms with E-state index in [1.807, 2.05) is 78.9 Å². The first kappa shape index (κ1) is 30.2. The summed E-state index contributed by atoms with van der Waals surface area (Å²) >= 11 is 0. The lowest BCUT2D eigenvalue weighted by molar-refractivity contribution is -0.253. The summed E-state index contributed by atoms with van der Waals surface area (Å²) in [7, 11) is 0. The van der Waals surface area contributed by atoms with Crippen LogP contribution in [0.15, 0.2) is 103 Å². The third kappa shape index (κ3) is 7.26. The maximum atomic E-state index is 12.6. The van der Waals surface area contributed by atoms with Crippen molar-refractivity contribution in [2.75, 3.05) is 19.7 Å². The predicted octanol–water partition coefficient (Wildman–Crippen LogP) is 5.78. The predicted molar refractivity (Wildman–Crippen MR) is 170 cm³/mol. The molecular formula is C37H40N2O5. The van der Waals surface area contributed by atoms with E-state index in [1.54, 1.807) is 0 Å². The Kier molecular flexibility index (Phi) is 9.80. The third-order valence-electron chi connectivity index (χ3n) is 8.67. The molecule has 7 heteroatoms. The normalized spacial score (nSPS) is 22.1. The summed E-state index contributed by atoms with van der Waals surface area (Å²) < 4.78 is 13.2. The molecule has 2 saturated heterocycles. The molecule has 0 aromatic heterocycles. The van der Waals surface area contributed by atoms with E-state index in [4.69, 9.17) is 9.47 Å². The van der Waals surface area contributed by atoms with Crippen LogP contribution in [0.1, 0.15) is 64.3 Å². The fourth-order valence-corrected chi connectivity index (χ4v) is 6.24. The van der Waals surface area contributed by atoms with Gasteiger partial charge in [0, 0.05) is 36.7 Å². The Morgan fingerprint density at radius 2 is 1.59 bits per heavy atom. The van der Waals surface area contributed by atoms with E-state index in [2.05, 4.69) is 34.5 Å². The number of hydrogen-bond donors (Lipinski definition) is 3. The molecule has 3 N–H and O–H groups in total. The number of benzene rings is 4. The molecule has 4 aromatic rings. The maximum absolute atomic E-state index is 12.6. The average molecular weight is 593 g/mol. The highest BCUT2D eigenvalue weighted by Crippen LogP contribution is 2.39. The van der Waals surface area contributed by atoms with Crippen LogP contribution in [0.5, 0.6) is 0 Å². The topological polar surface area (TPSA) is 91.3 Å². The molecule has 0 spiro atoms. The van der Waals surface area contributed by atoms with Gasteiger partial charge in [0.2, 0.25) is 0 Å². The zero-order valence-corrected chi connectivity index (χ0v) is 24.8. The van der Waals surface area contributed by atoms with Gasteiger partial charge in [0.1, 0.15) is 0 Å². The zero-order valence-electron chi connectivity index (χ0n) is 24.8. The zero-order chi connectivity index (χ0) is 30.3. The molecule has 2 aliphatic heterocycles. The van der Waals surface area contributed by atoms with Crippen molar-refractivity contribution in [2.45, 2.75) is 57.0 Å². The molecule has 0 aliphatic carbocycles. The van der Waals surface area contributed by atoms with Crippen molar-refractivity contribution in [1.82, 2.24) is 10.2 Å². The van der Waals surface area contributed by atoms with Crippen LogP contribution in [0.25, 0.3) is 11.1 Å². The second kappa shape index (κ2) is 14.3. The first-order valence-electron chi connectivity index (χ1n) is 15.5. The van der Waals surface area contributed by atoms with Gasteiger partial charge in [-0.15, -0.1) is 0 Å². The molecule has 228 valence electrons. The molecule has 2 aliphatic rings. The van der Waals surface area contributed by atoms with Gasteiger partial charge in [0.25, 0.3) is 5.91 Å². The van der Waals surface area contributed by atoms with E-state index >= 15 is 0 Å². The Bertz CT molecular complexity index is 1530. The number of amides is 1. The number of rotatable bonds is 10. The Labute approximate surface area is 259 Å². The van der Waals surface area contributed by atoms with Crippen LogP contribution < -0.4 is 5.32 Å². The maximum Gasteiger partial charge on any atom is 0.251 e. The standard InChI is InChI=1S/C37H40N2O5/c40-24-26-14-16-28(17-15-26)35-21-34(23-39-18-6-13-33(39)25-41)43-37(44-35)32-12-5-11-31(20-32)30-10-4-7-27(19-30)22-38-36(42)29-8-2-1-3-9-29/h1-5,7-12,14-17,19-20,33-35,37,40-41H,6,13,18,21-25H2,(H,38,42)/t33-,34+,35-,37-/m0/s1. The van der Waals surface area contributed by atoms with Crippen LogP contribution in [0.4, 0.5) is 0 Å². The number of aliphatic hydroxyl groups is 2. The van der Waals surface area contributed by atoms with E-state index < -0.39 is 6.29 Å². The van der Waals surface area contributed by atoms with Crippen LogP contribution in [-0.4, -0.2) is 52.9 Å². The molecular weight excluding hydrogens is 552 g/mol. The van der Waals surface area contributed by atoms with Crippen molar-refractivity contribution in [2.24, 2.45) is 0 Å². The fourth-order valence-electron chi connectivity index (χ4n) is 6.24. The molecule has 4 aromatic carbocycles. The van der Waals surface area contributed by atoms with Gasteiger partial charge in [0.15, 0.2) is 6.29 Å². The van der Waals surface area contributed by atoms with E-state index in [-0.39, 0.29) is 37.4 Å². The minimum atomic E-state index is -0.556. The molecule has 1 amide bonds. The Balaban J connectivity index is 1.20. The average Bonchev–Trinajstić information content (AvgIpc) is 3.54. The Hall–Kier alpha value is -3.85. The smallest absolute Gasteiger partial charge is 0.251 e. The fraction of sp³-hybridized carbons (Fsp3) is 0.324. The SMILES string of the molecule is O=C(NCc1cccc(-c2cccc([C@H]3O[C@@H](CN4CCC[C@H]4CO)C[C@@H](c4ccc(CO)cc4)O3)c2)c1)c1ccccc1. The largest absolute Gasteiger partial charge is 0.395 e. The van der Waals surface area contributed by atoms with Gasteiger partial charge in [-0.25, -0.2) is 0 Å². The summed E-state index contributed by atoms with van der Waals surface area (Å²) in [6, 6.07) is 33.8. The molecule has 2 fully saturated rings. The molecule has 44 heavy (non-hydrogen) atoms. The minimum Gasteiger partial charge on any atom is -0.395 e. The molecule has 0 unspecified atom stereocenters. The first-order chi connectivity index (χ1) is 21.6. The van der Waals surface area contributed by atoms with Gasteiger partial charge in [-0.05, 0) is 71.5 Å². The third-order valence-corrected chi connectivity index (χ3v) is 8.67. The summed E-state index contributed by atoms with van der Waals surface area (Å²) in [5, 5.41) is 22.4. The van der Waals surface area contributed by atoms with Crippen LogP contribution in [0.2, 0.25) is 0 Å². The van der Waals surface area contributed by atoms with Crippen molar-refractivity contribution in [1.29, 1.82) is 0 Å². The van der Waals surface area contributed by atoms with E-state index in [0.717, 1.165) is 59.3 Å². The Morgan fingerprint density at radius 3 is 2.36 bits per heavy atom. The molecule has 0 saturated carbocycles. The van der Waals surface area contributed by atoms with Crippen molar-refractivity contribution < 1.29 is 24.5 Å². The van der Waals surface area contributed by atoms with Gasteiger partial charge >= 0.3 is 0 Å². The summed E-state index contributed by atoms with van der Waals surface area (Å²) in [6.45, 7) is 2.30. The van der Waals surface area contributed by atoms with Gasteiger partial charge in [-0.2, -0.15) is 0 Å². The van der Waals surface area contributed by atoms with Crippen LogP contribution in [-0.2, 0) is 22.6 Å². The highest BCUT2D eigenvalue weighted by atomic mass is 16.7. The van der Waals surface area contributed by atoms with Crippen molar-refractivity contribution in [3.8, 4) is 11.1 Å². The number of aliphatic hydroxyl groups excluding tert-OH is 2. The molecule has 7 nitrogen and oxygen atoms in total. The van der Waals surface area contributed by atoms with E-state index in [1.165, 1.54) is 0 Å². The lowest BCUT2D eigenvalue weighted by atomic mass is 9.98. The van der Waals surface area contributed by atoms with Crippen molar-refractivity contribution >= 4 is 5.91 Å². The summed E-state index contributed by atoms with van der Waals surface area (Å²) in [4.78, 5) is 14.9. The number of hydrogen-bond acceptors (Lipinski definition) is 6. The van der Waals surface area contributed by atoms with Gasteiger partial charge in [-0.1, -0.05) is 78.9 Å². The van der Waals surface area contributed by atoms with Crippen LogP contribution in [0.3, 0.4) is 0 Å². The number of nitrogens with one attached hydrogen (secondary N) is 1. The first-order valence-corrected chi connectivity index (χ1v) is 15.5. The van der Waals surface area contributed by atoms with Crippen molar-refractivity contribution in [3.05, 3.63) is 131 Å². The van der Waals surface area contributed by atoms with Gasteiger partial charge in [0.05, 0.1) is 25.4 Å². The molecule has 2 heterocycles. The number of carbonyl (C=O) groups excluding carboxylic acids is 1. The number of likely N-dealkylation sites (tertiary alicyclic amines) is 1. The number of nitrogens with zero attached hydrogens (tertiary/aromatic N) is 1. The monoisotopic (exact) mass is 592 g/mol. The van der Waals surface area contributed by atoms with Gasteiger partial charge < -0.3 is 25.0 Å². The highest BCUT2D eigenvalue weighted by molar-refractivity contribution is 5.94. The van der Waals surface area contributed by atoms with Crippen LogP contribution >= 0.6 is 0 Å². The molecule has 0 bridgehead atoms. The van der Waals surface area contributed by atoms with E-state index in [0.29, 0.717) is 18.5 Å².